The van der Waals surface area contributed by atoms with Gasteiger partial charge in [0.2, 0.25) is 0 Å². The summed E-state index contributed by atoms with van der Waals surface area (Å²) >= 11 is 1.77. The van der Waals surface area contributed by atoms with Gasteiger partial charge < -0.3 is 10.8 Å². The fraction of sp³-hybridized carbons (Fsp3) is 0.333. The van der Waals surface area contributed by atoms with Crippen LogP contribution in [-0.4, -0.2) is 17.5 Å². The minimum Gasteiger partial charge on any atom is -0.394 e. The molecule has 2 nitrogen and oxygen atoms in total. The lowest BCUT2D eigenvalue weighted by Gasteiger charge is -2.27. The van der Waals surface area contributed by atoms with Crippen LogP contribution in [0, 0.1) is 13.8 Å². The Hall–Kier alpha value is -1.29. The van der Waals surface area contributed by atoms with E-state index < -0.39 is 5.54 Å². The molecule has 0 aliphatic heterocycles. The van der Waals surface area contributed by atoms with Crippen molar-refractivity contribution in [1.29, 1.82) is 0 Å². The lowest BCUT2D eigenvalue weighted by Crippen LogP contribution is -2.43. The molecule has 0 bridgehead atoms. The van der Waals surface area contributed by atoms with E-state index >= 15 is 0 Å². The molecule has 0 aliphatic rings. The van der Waals surface area contributed by atoms with Gasteiger partial charge in [-0.1, -0.05) is 59.7 Å². The summed E-state index contributed by atoms with van der Waals surface area (Å²) in [6.07, 6.45) is 0. The summed E-state index contributed by atoms with van der Waals surface area (Å²) in [6.45, 7) is 4.19. The number of benzene rings is 2. The molecule has 0 aliphatic carbocycles. The fourth-order valence-corrected chi connectivity index (χ4v) is 3.62. The average Bonchev–Trinajstić information content (AvgIpc) is 2.47. The second-order valence-electron chi connectivity index (χ2n) is 5.67. The van der Waals surface area contributed by atoms with E-state index in [1.165, 1.54) is 16.7 Å². The highest BCUT2D eigenvalue weighted by Crippen LogP contribution is 2.25. The molecule has 1 atom stereocenters. The first kappa shape index (κ1) is 16.1. The molecule has 21 heavy (non-hydrogen) atoms. The van der Waals surface area contributed by atoms with Crippen LogP contribution in [0.25, 0.3) is 0 Å². The first-order chi connectivity index (χ1) is 10.0. The molecule has 0 fully saturated rings. The Labute approximate surface area is 131 Å². The van der Waals surface area contributed by atoms with Crippen LogP contribution in [0.3, 0.4) is 0 Å². The maximum Gasteiger partial charge on any atom is 0.0735 e. The highest BCUT2D eigenvalue weighted by atomic mass is 32.2. The van der Waals surface area contributed by atoms with Crippen LogP contribution >= 0.6 is 11.8 Å². The van der Waals surface area contributed by atoms with E-state index in [2.05, 4.69) is 32.0 Å². The third kappa shape index (κ3) is 4.34. The van der Waals surface area contributed by atoms with Gasteiger partial charge in [0.05, 0.1) is 12.1 Å². The highest BCUT2D eigenvalue weighted by Gasteiger charge is 2.26. The molecule has 0 aromatic heterocycles. The van der Waals surface area contributed by atoms with Gasteiger partial charge in [0.15, 0.2) is 0 Å². The molecule has 2 rings (SSSR count). The van der Waals surface area contributed by atoms with E-state index in [4.69, 9.17) is 5.73 Å². The van der Waals surface area contributed by atoms with Crippen molar-refractivity contribution in [1.82, 2.24) is 0 Å². The molecular weight excluding hydrogens is 278 g/mol. The summed E-state index contributed by atoms with van der Waals surface area (Å²) in [7, 11) is 0. The summed E-state index contributed by atoms with van der Waals surface area (Å²) in [5.41, 5.74) is 10.6. The number of aliphatic hydroxyl groups is 1. The number of aliphatic hydroxyl groups excluding tert-OH is 1. The first-order valence-electron chi connectivity index (χ1n) is 7.14. The Morgan fingerprint density at radius 2 is 1.67 bits per heavy atom. The molecule has 0 radical (unpaired) electrons. The number of thioether (sulfide) groups is 1. The topological polar surface area (TPSA) is 46.2 Å². The number of nitrogens with two attached hydrogens (primary N) is 1. The average molecular weight is 301 g/mol. The summed E-state index contributed by atoms with van der Waals surface area (Å²) in [5.74, 6) is 1.61. The summed E-state index contributed by atoms with van der Waals surface area (Å²) in [6, 6.07) is 16.4. The fourth-order valence-electron chi connectivity index (χ4n) is 2.49. The van der Waals surface area contributed by atoms with Gasteiger partial charge in [-0.05, 0) is 25.0 Å². The molecule has 0 saturated carbocycles. The van der Waals surface area contributed by atoms with Gasteiger partial charge >= 0.3 is 0 Å². The van der Waals surface area contributed by atoms with E-state index in [9.17, 15) is 5.11 Å². The number of rotatable bonds is 6. The summed E-state index contributed by atoms with van der Waals surface area (Å²) in [4.78, 5) is 0. The van der Waals surface area contributed by atoms with Gasteiger partial charge in [-0.15, -0.1) is 0 Å². The van der Waals surface area contributed by atoms with Crippen molar-refractivity contribution < 1.29 is 5.11 Å². The predicted octanol–water partition coefficient (Wildman–Crippen LogP) is 3.38. The van der Waals surface area contributed by atoms with E-state index in [1.807, 2.05) is 30.3 Å². The molecular formula is C18H23NOS. The van der Waals surface area contributed by atoms with Crippen LogP contribution in [0.1, 0.15) is 22.3 Å². The Bertz CT molecular complexity index is 565. The lowest BCUT2D eigenvalue weighted by atomic mass is 9.94. The molecule has 0 spiro atoms. The minimum absolute atomic E-state index is 0.0448. The molecule has 0 saturated heterocycles. The Balaban J connectivity index is 2.00. The molecule has 0 heterocycles. The standard InChI is InChI=1S/C18H23NOS/c1-14-8-15(2)10-16(9-14)11-21-13-18(19,12-20)17-6-4-3-5-7-17/h3-10,20H,11-13,19H2,1-2H3. The molecule has 112 valence electrons. The first-order valence-corrected chi connectivity index (χ1v) is 8.29. The molecule has 1 unspecified atom stereocenters. The van der Waals surface area contributed by atoms with Gasteiger partial charge in [0.1, 0.15) is 0 Å². The molecule has 2 aromatic carbocycles. The molecule has 3 heteroatoms. The normalized spacial score (nSPS) is 13.9. The van der Waals surface area contributed by atoms with Crippen molar-refractivity contribution in [2.45, 2.75) is 25.1 Å². The Kier molecular flexibility index (Phi) is 5.45. The van der Waals surface area contributed by atoms with Crippen LogP contribution < -0.4 is 5.73 Å². The van der Waals surface area contributed by atoms with E-state index in [-0.39, 0.29) is 6.61 Å². The van der Waals surface area contributed by atoms with Gasteiger partial charge in [-0.2, -0.15) is 11.8 Å². The molecule has 3 N–H and O–H groups in total. The van der Waals surface area contributed by atoms with E-state index in [0.717, 1.165) is 11.3 Å². The van der Waals surface area contributed by atoms with Crippen LogP contribution in [0.2, 0.25) is 0 Å². The third-order valence-corrected chi connectivity index (χ3v) is 4.80. The van der Waals surface area contributed by atoms with Crippen molar-refractivity contribution in [2.24, 2.45) is 5.73 Å². The Morgan fingerprint density at radius 1 is 1.05 bits per heavy atom. The van der Waals surface area contributed by atoms with Crippen molar-refractivity contribution in [3.8, 4) is 0 Å². The quantitative estimate of drug-likeness (QED) is 0.860. The van der Waals surface area contributed by atoms with Crippen molar-refractivity contribution in [2.75, 3.05) is 12.4 Å². The highest BCUT2D eigenvalue weighted by molar-refractivity contribution is 7.98. The predicted molar refractivity (Wildman–Crippen MR) is 91.5 cm³/mol. The van der Waals surface area contributed by atoms with E-state index in [0.29, 0.717) is 5.75 Å². The van der Waals surface area contributed by atoms with Crippen LogP contribution in [0.15, 0.2) is 48.5 Å². The monoisotopic (exact) mass is 301 g/mol. The number of hydrogen-bond acceptors (Lipinski definition) is 3. The summed E-state index contributed by atoms with van der Waals surface area (Å²) < 4.78 is 0. The second kappa shape index (κ2) is 7.12. The smallest absolute Gasteiger partial charge is 0.0735 e. The van der Waals surface area contributed by atoms with Crippen molar-refractivity contribution in [3.05, 3.63) is 70.8 Å². The number of aryl methyl sites for hydroxylation is 2. The van der Waals surface area contributed by atoms with Crippen LogP contribution in [0.4, 0.5) is 0 Å². The Morgan fingerprint density at radius 3 is 2.24 bits per heavy atom. The SMILES string of the molecule is Cc1cc(C)cc(CSCC(N)(CO)c2ccccc2)c1. The van der Waals surface area contributed by atoms with Crippen LogP contribution in [0.5, 0.6) is 0 Å². The van der Waals surface area contributed by atoms with Crippen molar-refractivity contribution >= 4 is 11.8 Å². The minimum atomic E-state index is -0.676. The van der Waals surface area contributed by atoms with Crippen LogP contribution in [-0.2, 0) is 11.3 Å². The zero-order valence-electron chi connectivity index (χ0n) is 12.7. The van der Waals surface area contributed by atoms with Gasteiger partial charge in [-0.3, -0.25) is 0 Å². The van der Waals surface area contributed by atoms with Gasteiger partial charge in [-0.25, -0.2) is 0 Å². The molecule has 0 amide bonds. The number of hydrogen-bond donors (Lipinski definition) is 2. The van der Waals surface area contributed by atoms with E-state index in [1.54, 1.807) is 11.8 Å². The maximum atomic E-state index is 9.69. The largest absolute Gasteiger partial charge is 0.394 e. The summed E-state index contributed by atoms with van der Waals surface area (Å²) in [5, 5.41) is 9.69. The molecule has 2 aromatic rings. The zero-order valence-corrected chi connectivity index (χ0v) is 13.5. The maximum absolute atomic E-state index is 9.69. The van der Waals surface area contributed by atoms with Crippen molar-refractivity contribution in [3.63, 3.8) is 0 Å². The zero-order chi connectivity index (χ0) is 15.3. The second-order valence-corrected chi connectivity index (χ2v) is 6.65. The lowest BCUT2D eigenvalue weighted by molar-refractivity contribution is 0.213. The third-order valence-electron chi connectivity index (χ3n) is 3.54. The van der Waals surface area contributed by atoms with Gasteiger partial charge in [0.25, 0.3) is 0 Å². The van der Waals surface area contributed by atoms with Gasteiger partial charge in [0, 0.05) is 11.5 Å².